The fourth-order valence-corrected chi connectivity index (χ4v) is 4.95. The lowest BCUT2D eigenvalue weighted by Gasteiger charge is -2.44. The average molecular weight is 340 g/mol. The Labute approximate surface area is 143 Å². The number of rotatable bonds is 4. The Balaban J connectivity index is 1.42. The van der Waals surface area contributed by atoms with Gasteiger partial charge in [-0.2, -0.15) is 0 Å². The molecule has 2 aliphatic heterocycles. The predicted octanol–water partition coefficient (Wildman–Crippen LogP) is 1.76. The molecular formula is C17H28N2O3S. The van der Waals surface area contributed by atoms with Gasteiger partial charge >= 0.3 is 0 Å². The number of fused-ring (bicyclic) bond motifs is 1. The SMILES string of the molecule is O=C(CSCC(=O)N1CCC[C@H]2CCCC[C@@H]21)N1CCOCC1. The number of hydrogen-bond acceptors (Lipinski definition) is 4. The molecule has 2 heterocycles. The minimum atomic E-state index is 0.139. The van der Waals surface area contributed by atoms with Crippen LogP contribution in [0, 0.1) is 5.92 Å². The molecule has 0 spiro atoms. The van der Waals surface area contributed by atoms with Gasteiger partial charge in [0.1, 0.15) is 0 Å². The van der Waals surface area contributed by atoms with Gasteiger partial charge in [0.05, 0.1) is 24.7 Å². The molecule has 130 valence electrons. The van der Waals surface area contributed by atoms with Crippen molar-refractivity contribution in [1.29, 1.82) is 0 Å². The van der Waals surface area contributed by atoms with Crippen molar-refractivity contribution >= 4 is 23.6 Å². The van der Waals surface area contributed by atoms with Crippen molar-refractivity contribution < 1.29 is 14.3 Å². The fraction of sp³-hybridized carbons (Fsp3) is 0.882. The van der Waals surface area contributed by atoms with Crippen LogP contribution in [0.1, 0.15) is 38.5 Å². The summed E-state index contributed by atoms with van der Waals surface area (Å²) >= 11 is 1.47. The van der Waals surface area contributed by atoms with Gasteiger partial charge in [0.25, 0.3) is 0 Å². The van der Waals surface area contributed by atoms with Crippen LogP contribution in [0.2, 0.25) is 0 Å². The molecule has 3 rings (SSSR count). The number of piperidine rings is 1. The third-order valence-electron chi connectivity index (χ3n) is 5.38. The molecule has 6 heteroatoms. The van der Waals surface area contributed by atoms with Gasteiger partial charge in [-0.15, -0.1) is 11.8 Å². The summed E-state index contributed by atoms with van der Waals surface area (Å²) in [5, 5.41) is 0. The molecule has 0 unspecified atom stereocenters. The zero-order chi connectivity index (χ0) is 16.1. The molecule has 1 saturated carbocycles. The second-order valence-corrected chi connectivity index (χ2v) is 7.81. The lowest BCUT2D eigenvalue weighted by molar-refractivity contribution is -0.134. The average Bonchev–Trinajstić information content (AvgIpc) is 2.61. The summed E-state index contributed by atoms with van der Waals surface area (Å²) in [6, 6.07) is 0.473. The highest BCUT2D eigenvalue weighted by Crippen LogP contribution is 2.35. The Morgan fingerprint density at radius 2 is 1.61 bits per heavy atom. The number of thioether (sulfide) groups is 1. The van der Waals surface area contributed by atoms with E-state index in [-0.39, 0.29) is 11.8 Å². The third kappa shape index (κ3) is 4.41. The van der Waals surface area contributed by atoms with Crippen molar-refractivity contribution in [1.82, 2.24) is 9.80 Å². The monoisotopic (exact) mass is 340 g/mol. The standard InChI is InChI=1S/C17H28N2O3S/c20-16(18-8-10-22-11-9-18)12-23-13-17(21)19-7-3-5-14-4-1-2-6-15(14)19/h14-15H,1-13H2/t14-,15+/m1/s1. The summed E-state index contributed by atoms with van der Waals surface area (Å²) in [6.07, 6.45) is 7.48. The van der Waals surface area contributed by atoms with E-state index in [1.54, 1.807) is 0 Å². The number of hydrogen-bond donors (Lipinski definition) is 0. The highest BCUT2D eigenvalue weighted by atomic mass is 32.2. The summed E-state index contributed by atoms with van der Waals surface area (Å²) in [4.78, 5) is 28.7. The van der Waals surface area contributed by atoms with E-state index in [2.05, 4.69) is 4.90 Å². The minimum absolute atomic E-state index is 0.139. The summed E-state index contributed by atoms with van der Waals surface area (Å²) < 4.78 is 5.26. The predicted molar refractivity (Wildman–Crippen MR) is 91.4 cm³/mol. The number of likely N-dealkylation sites (tertiary alicyclic amines) is 1. The molecule has 0 bridgehead atoms. The van der Waals surface area contributed by atoms with Crippen molar-refractivity contribution in [3.63, 3.8) is 0 Å². The van der Waals surface area contributed by atoms with Gasteiger partial charge in [-0.05, 0) is 31.6 Å². The summed E-state index contributed by atoms with van der Waals surface area (Å²) in [5.41, 5.74) is 0. The first-order valence-corrected chi connectivity index (χ1v) is 10.1. The summed E-state index contributed by atoms with van der Waals surface area (Å²) in [6.45, 7) is 3.54. The molecule has 2 saturated heterocycles. The van der Waals surface area contributed by atoms with E-state index in [9.17, 15) is 9.59 Å². The quantitative estimate of drug-likeness (QED) is 0.782. The van der Waals surface area contributed by atoms with Crippen LogP contribution < -0.4 is 0 Å². The van der Waals surface area contributed by atoms with E-state index in [0.717, 1.165) is 18.9 Å². The van der Waals surface area contributed by atoms with E-state index in [4.69, 9.17) is 4.74 Å². The second kappa shape index (κ2) is 8.38. The highest BCUT2D eigenvalue weighted by Gasteiger charge is 2.35. The molecule has 3 fully saturated rings. The molecule has 0 aromatic carbocycles. The zero-order valence-corrected chi connectivity index (χ0v) is 14.7. The first-order chi connectivity index (χ1) is 11.3. The molecular weight excluding hydrogens is 312 g/mol. The van der Waals surface area contributed by atoms with Crippen molar-refractivity contribution in [3.05, 3.63) is 0 Å². The number of carbonyl (C=O) groups excluding carboxylic acids is 2. The first kappa shape index (κ1) is 17.1. The lowest BCUT2D eigenvalue weighted by Crippen LogP contribution is -2.50. The van der Waals surface area contributed by atoms with Crippen LogP contribution >= 0.6 is 11.8 Å². The Hall–Kier alpha value is -0.750. The molecule has 2 amide bonds. The Morgan fingerprint density at radius 1 is 0.913 bits per heavy atom. The van der Waals surface area contributed by atoms with Gasteiger partial charge in [0.15, 0.2) is 0 Å². The molecule has 0 N–H and O–H groups in total. The van der Waals surface area contributed by atoms with Gasteiger partial charge in [0, 0.05) is 25.7 Å². The van der Waals surface area contributed by atoms with Crippen LogP contribution in [-0.2, 0) is 14.3 Å². The normalized spacial score (nSPS) is 28.3. The Kier molecular flexibility index (Phi) is 6.22. The molecule has 23 heavy (non-hydrogen) atoms. The Morgan fingerprint density at radius 3 is 2.43 bits per heavy atom. The number of nitrogens with zero attached hydrogens (tertiary/aromatic N) is 2. The molecule has 0 radical (unpaired) electrons. The number of amides is 2. The van der Waals surface area contributed by atoms with Crippen molar-refractivity contribution in [2.75, 3.05) is 44.4 Å². The van der Waals surface area contributed by atoms with E-state index < -0.39 is 0 Å². The van der Waals surface area contributed by atoms with Crippen molar-refractivity contribution in [3.8, 4) is 0 Å². The molecule has 5 nitrogen and oxygen atoms in total. The first-order valence-electron chi connectivity index (χ1n) is 8.98. The maximum atomic E-state index is 12.6. The van der Waals surface area contributed by atoms with Gasteiger partial charge in [-0.25, -0.2) is 0 Å². The fourth-order valence-electron chi connectivity index (χ4n) is 4.15. The number of ether oxygens (including phenoxy) is 1. The zero-order valence-electron chi connectivity index (χ0n) is 13.9. The molecule has 3 aliphatic rings. The minimum Gasteiger partial charge on any atom is -0.378 e. The Bertz CT molecular complexity index is 424. The van der Waals surface area contributed by atoms with Crippen LogP contribution in [-0.4, -0.2) is 72.0 Å². The van der Waals surface area contributed by atoms with E-state index in [1.807, 2.05) is 4.90 Å². The number of morpholine rings is 1. The van der Waals surface area contributed by atoms with Gasteiger partial charge in [0.2, 0.25) is 11.8 Å². The van der Waals surface area contributed by atoms with Crippen LogP contribution in [0.3, 0.4) is 0 Å². The molecule has 2 atom stereocenters. The van der Waals surface area contributed by atoms with Crippen molar-refractivity contribution in [2.24, 2.45) is 5.92 Å². The second-order valence-electron chi connectivity index (χ2n) is 6.83. The largest absolute Gasteiger partial charge is 0.378 e. The van der Waals surface area contributed by atoms with Crippen LogP contribution in [0.4, 0.5) is 0 Å². The van der Waals surface area contributed by atoms with Gasteiger partial charge in [-0.3, -0.25) is 9.59 Å². The summed E-state index contributed by atoms with van der Waals surface area (Å²) in [7, 11) is 0. The van der Waals surface area contributed by atoms with E-state index in [1.165, 1.54) is 43.9 Å². The molecule has 1 aliphatic carbocycles. The van der Waals surface area contributed by atoms with E-state index in [0.29, 0.717) is 43.9 Å². The topological polar surface area (TPSA) is 49.9 Å². The van der Waals surface area contributed by atoms with Crippen molar-refractivity contribution in [2.45, 2.75) is 44.6 Å². The smallest absolute Gasteiger partial charge is 0.232 e. The van der Waals surface area contributed by atoms with E-state index >= 15 is 0 Å². The maximum absolute atomic E-state index is 12.6. The van der Waals surface area contributed by atoms with Crippen LogP contribution in [0.15, 0.2) is 0 Å². The van der Waals surface area contributed by atoms with Crippen LogP contribution in [0.5, 0.6) is 0 Å². The molecule has 0 aromatic heterocycles. The third-order valence-corrected chi connectivity index (χ3v) is 6.28. The molecule has 0 aromatic rings. The van der Waals surface area contributed by atoms with Gasteiger partial charge < -0.3 is 14.5 Å². The highest BCUT2D eigenvalue weighted by molar-refractivity contribution is 8.00. The van der Waals surface area contributed by atoms with Crippen LogP contribution in [0.25, 0.3) is 0 Å². The maximum Gasteiger partial charge on any atom is 0.232 e. The van der Waals surface area contributed by atoms with Gasteiger partial charge in [-0.1, -0.05) is 12.8 Å². The lowest BCUT2D eigenvalue weighted by atomic mass is 9.78. The number of carbonyl (C=O) groups is 2. The summed E-state index contributed by atoms with van der Waals surface area (Å²) in [5.74, 6) is 1.95.